The van der Waals surface area contributed by atoms with Gasteiger partial charge in [0.1, 0.15) is 12.4 Å². The number of ether oxygens (including phenoxy) is 2. The van der Waals surface area contributed by atoms with Gasteiger partial charge in [-0.25, -0.2) is 17.9 Å². The summed E-state index contributed by atoms with van der Waals surface area (Å²) in [6.45, 7) is -0.0646. The molecule has 28 heavy (non-hydrogen) atoms. The van der Waals surface area contributed by atoms with Crippen molar-refractivity contribution in [3.63, 3.8) is 0 Å². The van der Waals surface area contributed by atoms with E-state index < -0.39 is 28.5 Å². The first-order chi connectivity index (χ1) is 13.3. The van der Waals surface area contributed by atoms with E-state index in [-0.39, 0.29) is 28.6 Å². The van der Waals surface area contributed by atoms with Gasteiger partial charge in [0.2, 0.25) is 10.0 Å². The van der Waals surface area contributed by atoms with E-state index in [4.69, 9.17) is 21.1 Å². The number of sulfonamides is 1. The fourth-order valence-electron chi connectivity index (χ4n) is 2.08. The van der Waals surface area contributed by atoms with Crippen LogP contribution >= 0.6 is 11.6 Å². The van der Waals surface area contributed by atoms with E-state index in [9.17, 15) is 18.0 Å². The normalized spacial score (nSPS) is 10.9. The number of carbonyl (C=O) groups is 2. The van der Waals surface area contributed by atoms with E-state index in [0.29, 0.717) is 5.75 Å². The molecule has 0 bridgehead atoms. The Morgan fingerprint density at radius 1 is 1.11 bits per heavy atom. The van der Waals surface area contributed by atoms with Gasteiger partial charge in [0.25, 0.3) is 5.91 Å². The molecule has 0 aliphatic heterocycles. The van der Waals surface area contributed by atoms with Crippen molar-refractivity contribution in [2.45, 2.75) is 4.90 Å². The molecule has 0 saturated carbocycles. The second-order valence-electron chi connectivity index (χ2n) is 5.44. The molecule has 0 unspecified atom stereocenters. The van der Waals surface area contributed by atoms with Gasteiger partial charge >= 0.3 is 5.97 Å². The van der Waals surface area contributed by atoms with E-state index in [1.165, 1.54) is 19.2 Å². The topological polar surface area (TPSA) is 111 Å². The highest BCUT2D eigenvalue weighted by Gasteiger charge is 2.19. The minimum atomic E-state index is -3.75. The van der Waals surface area contributed by atoms with Gasteiger partial charge in [-0.1, -0.05) is 29.8 Å². The molecule has 0 spiro atoms. The van der Waals surface area contributed by atoms with Crippen LogP contribution in [0.2, 0.25) is 5.02 Å². The van der Waals surface area contributed by atoms with Crippen molar-refractivity contribution in [2.24, 2.45) is 0 Å². The Bertz CT molecular complexity index is 934. The summed E-state index contributed by atoms with van der Waals surface area (Å²) in [5, 5.41) is 2.55. The number of carbonyl (C=O) groups excluding carboxylic acids is 2. The molecule has 1 amide bonds. The van der Waals surface area contributed by atoms with Gasteiger partial charge < -0.3 is 14.8 Å². The third-order valence-electron chi connectivity index (χ3n) is 3.51. The molecule has 0 aliphatic rings. The van der Waals surface area contributed by atoms with Crippen LogP contribution in [0, 0.1) is 0 Å². The molecule has 0 heterocycles. The lowest BCUT2D eigenvalue weighted by molar-refractivity contribution is -0.124. The van der Waals surface area contributed by atoms with Crippen LogP contribution in [0.5, 0.6) is 5.75 Å². The first-order valence-electron chi connectivity index (χ1n) is 8.18. The highest BCUT2D eigenvalue weighted by Crippen LogP contribution is 2.21. The Morgan fingerprint density at radius 2 is 1.82 bits per heavy atom. The number of halogens is 1. The predicted octanol–water partition coefficient (Wildman–Crippen LogP) is 1.60. The predicted molar refractivity (Wildman–Crippen MR) is 103 cm³/mol. The monoisotopic (exact) mass is 426 g/mol. The number of hydrogen-bond donors (Lipinski definition) is 2. The Balaban J connectivity index is 1.83. The van der Waals surface area contributed by atoms with Crippen molar-refractivity contribution >= 4 is 33.5 Å². The summed E-state index contributed by atoms with van der Waals surface area (Å²) < 4.78 is 36.1. The molecule has 10 heteroatoms. The van der Waals surface area contributed by atoms with Crippen LogP contribution < -0.4 is 14.8 Å². The molecule has 0 radical (unpaired) electrons. The molecule has 0 aromatic heterocycles. The number of rotatable bonds is 9. The Morgan fingerprint density at radius 3 is 2.50 bits per heavy atom. The standard InChI is InChI=1S/C18H19ClN2O6S/c1-20-28(24,25)14-7-8-16(19)15(11-14)18(23)27-12-17(22)21-9-10-26-13-5-3-2-4-6-13/h2-8,11,20H,9-10,12H2,1H3,(H,21,22). The zero-order chi connectivity index (χ0) is 20.6. The number of amides is 1. The third kappa shape index (κ3) is 6.22. The molecule has 0 aliphatic carbocycles. The molecule has 2 rings (SSSR count). The summed E-state index contributed by atoms with van der Waals surface area (Å²) >= 11 is 5.93. The molecule has 0 saturated heterocycles. The largest absolute Gasteiger partial charge is 0.492 e. The van der Waals surface area contributed by atoms with Crippen LogP contribution in [0.15, 0.2) is 53.4 Å². The molecule has 8 nitrogen and oxygen atoms in total. The van der Waals surface area contributed by atoms with Crippen LogP contribution in [-0.4, -0.2) is 47.1 Å². The fraction of sp³-hybridized carbons (Fsp3) is 0.222. The first kappa shape index (κ1) is 21.7. The quantitative estimate of drug-likeness (QED) is 0.465. The van der Waals surface area contributed by atoms with Gasteiger partial charge in [-0.3, -0.25) is 4.79 Å². The number of esters is 1. The molecule has 2 aromatic carbocycles. The van der Waals surface area contributed by atoms with Crippen LogP contribution in [-0.2, 0) is 19.6 Å². The van der Waals surface area contributed by atoms with Gasteiger partial charge in [0, 0.05) is 0 Å². The summed E-state index contributed by atoms with van der Waals surface area (Å²) in [5.41, 5.74) is -0.154. The van der Waals surface area contributed by atoms with Crippen molar-refractivity contribution in [2.75, 3.05) is 26.8 Å². The van der Waals surface area contributed by atoms with Gasteiger partial charge in [-0.2, -0.15) is 0 Å². The van der Waals surface area contributed by atoms with Gasteiger partial charge in [-0.05, 0) is 37.4 Å². The van der Waals surface area contributed by atoms with Crippen LogP contribution in [0.4, 0.5) is 0 Å². The zero-order valence-electron chi connectivity index (χ0n) is 15.0. The maximum absolute atomic E-state index is 12.1. The van der Waals surface area contributed by atoms with Gasteiger partial charge in [0.05, 0.1) is 22.0 Å². The van der Waals surface area contributed by atoms with E-state index >= 15 is 0 Å². The lowest BCUT2D eigenvalue weighted by Gasteiger charge is -2.10. The van der Waals surface area contributed by atoms with Crippen molar-refractivity contribution in [3.8, 4) is 5.75 Å². The Kier molecular flexibility index (Phi) is 7.80. The van der Waals surface area contributed by atoms with Crippen molar-refractivity contribution in [1.29, 1.82) is 0 Å². The molecule has 150 valence electrons. The van der Waals surface area contributed by atoms with E-state index in [0.717, 1.165) is 6.07 Å². The number of hydrogen-bond acceptors (Lipinski definition) is 6. The number of para-hydroxylation sites is 1. The molecule has 0 atom stereocenters. The fourth-order valence-corrected chi connectivity index (χ4v) is 3.03. The maximum atomic E-state index is 12.1. The molecular formula is C18H19ClN2O6S. The summed E-state index contributed by atoms with van der Waals surface area (Å²) in [6.07, 6.45) is 0. The second kappa shape index (κ2) is 10.1. The third-order valence-corrected chi connectivity index (χ3v) is 5.25. The minimum absolute atomic E-state index is 0.0109. The van der Waals surface area contributed by atoms with E-state index in [1.54, 1.807) is 12.1 Å². The van der Waals surface area contributed by atoms with Crippen LogP contribution in [0.1, 0.15) is 10.4 Å². The van der Waals surface area contributed by atoms with Crippen molar-refractivity contribution < 1.29 is 27.5 Å². The van der Waals surface area contributed by atoms with Gasteiger partial charge in [0.15, 0.2) is 6.61 Å². The molecule has 2 N–H and O–H groups in total. The Labute approximate surface area is 167 Å². The summed E-state index contributed by atoms with van der Waals surface area (Å²) in [6, 6.07) is 12.7. The van der Waals surface area contributed by atoms with E-state index in [1.807, 2.05) is 18.2 Å². The minimum Gasteiger partial charge on any atom is -0.492 e. The van der Waals surface area contributed by atoms with Crippen molar-refractivity contribution in [3.05, 3.63) is 59.1 Å². The maximum Gasteiger partial charge on any atom is 0.340 e. The highest BCUT2D eigenvalue weighted by atomic mass is 35.5. The average Bonchev–Trinajstić information content (AvgIpc) is 2.70. The van der Waals surface area contributed by atoms with Crippen molar-refractivity contribution in [1.82, 2.24) is 10.0 Å². The smallest absolute Gasteiger partial charge is 0.340 e. The lowest BCUT2D eigenvalue weighted by atomic mass is 10.2. The molecule has 2 aromatic rings. The zero-order valence-corrected chi connectivity index (χ0v) is 16.5. The Hall–Kier alpha value is -2.62. The van der Waals surface area contributed by atoms with Crippen LogP contribution in [0.3, 0.4) is 0 Å². The summed E-state index contributed by atoms with van der Waals surface area (Å²) in [7, 11) is -2.51. The number of nitrogens with one attached hydrogen (secondary N) is 2. The number of benzene rings is 2. The van der Waals surface area contributed by atoms with Gasteiger partial charge in [-0.15, -0.1) is 0 Å². The summed E-state index contributed by atoms with van der Waals surface area (Å²) in [5.74, 6) is -0.761. The first-order valence-corrected chi connectivity index (χ1v) is 10.0. The SMILES string of the molecule is CNS(=O)(=O)c1ccc(Cl)c(C(=O)OCC(=O)NCCOc2ccccc2)c1. The average molecular weight is 427 g/mol. The van der Waals surface area contributed by atoms with Crippen LogP contribution in [0.25, 0.3) is 0 Å². The molecule has 0 fully saturated rings. The second-order valence-corrected chi connectivity index (χ2v) is 7.73. The molecular weight excluding hydrogens is 408 g/mol. The summed E-state index contributed by atoms with van der Waals surface area (Å²) in [4.78, 5) is 23.7. The van der Waals surface area contributed by atoms with E-state index in [2.05, 4.69) is 10.0 Å². The highest BCUT2D eigenvalue weighted by molar-refractivity contribution is 7.89. The lowest BCUT2D eigenvalue weighted by Crippen LogP contribution is -2.32.